The molecule has 2 nitrogen and oxygen atoms in total. The molecule has 1 aromatic carbocycles. The zero-order valence-corrected chi connectivity index (χ0v) is 13.4. The molecule has 0 fully saturated rings. The summed E-state index contributed by atoms with van der Waals surface area (Å²) in [5.74, 6) is 0. The zero-order chi connectivity index (χ0) is 14.3. The van der Waals surface area contributed by atoms with Gasteiger partial charge in [0.25, 0.3) is 0 Å². The van der Waals surface area contributed by atoms with Gasteiger partial charge in [0.2, 0.25) is 0 Å². The minimum atomic E-state index is -0.305. The Morgan fingerprint density at radius 1 is 1.42 bits per heavy atom. The van der Waals surface area contributed by atoms with Gasteiger partial charge in [0.05, 0.1) is 0 Å². The SMILES string of the molecule is CC.CPC1(C)CNc2cccc(CNCCF)c21. The average Bonchev–Trinajstić information content (AvgIpc) is 2.81. The van der Waals surface area contributed by atoms with Crippen LogP contribution in [0.15, 0.2) is 18.2 Å². The first-order chi connectivity index (χ1) is 9.21. The molecule has 0 radical (unpaired) electrons. The van der Waals surface area contributed by atoms with Crippen molar-refractivity contribution < 1.29 is 4.39 Å². The topological polar surface area (TPSA) is 24.1 Å². The molecule has 2 unspecified atom stereocenters. The Labute approximate surface area is 118 Å². The molecule has 2 rings (SSSR count). The monoisotopic (exact) mass is 284 g/mol. The van der Waals surface area contributed by atoms with Crippen molar-refractivity contribution in [3.8, 4) is 0 Å². The molecule has 0 saturated carbocycles. The summed E-state index contributed by atoms with van der Waals surface area (Å²) in [6, 6.07) is 6.36. The lowest BCUT2D eigenvalue weighted by Gasteiger charge is -2.24. The normalized spacial score (nSPS) is 20.9. The number of hydrogen-bond acceptors (Lipinski definition) is 2. The number of hydrogen-bond donors (Lipinski definition) is 2. The molecule has 0 saturated heterocycles. The van der Waals surface area contributed by atoms with E-state index in [1.165, 1.54) is 16.8 Å². The molecule has 19 heavy (non-hydrogen) atoms. The second kappa shape index (κ2) is 7.81. The van der Waals surface area contributed by atoms with Crippen LogP contribution in [0.5, 0.6) is 0 Å². The van der Waals surface area contributed by atoms with Gasteiger partial charge in [-0.2, -0.15) is 0 Å². The number of rotatable bonds is 5. The summed E-state index contributed by atoms with van der Waals surface area (Å²) in [7, 11) is 0.869. The number of anilines is 1. The number of fused-ring (bicyclic) bond motifs is 1. The van der Waals surface area contributed by atoms with Gasteiger partial charge in [0, 0.05) is 30.5 Å². The lowest BCUT2D eigenvalue weighted by molar-refractivity contribution is 0.466. The molecular formula is C15H26FN2P. The molecule has 0 spiro atoms. The van der Waals surface area contributed by atoms with E-state index in [9.17, 15) is 4.39 Å². The van der Waals surface area contributed by atoms with Crippen molar-refractivity contribution in [3.63, 3.8) is 0 Å². The third kappa shape index (κ3) is 3.67. The largest absolute Gasteiger partial charge is 0.384 e. The van der Waals surface area contributed by atoms with E-state index in [1.54, 1.807) is 0 Å². The fourth-order valence-corrected chi connectivity index (χ4v) is 3.22. The van der Waals surface area contributed by atoms with E-state index in [1.807, 2.05) is 13.8 Å². The van der Waals surface area contributed by atoms with Crippen molar-refractivity contribution in [2.24, 2.45) is 0 Å². The van der Waals surface area contributed by atoms with Gasteiger partial charge in [-0.25, -0.2) is 4.39 Å². The molecule has 1 aliphatic heterocycles. The zero-order valence-electron chi connectivity index (χ0n) is 12.4. The molecule has 0 amide bonds. The summed E-state index contributed by atoms with van der Waals surface area (Å²) in [6.45, 7) is 10.5. The van der Waals surface area contributed by atoms with Crippen LogP contribution in [0.2, 0.25) is 0 Å². The lowest BCUT2D eigenvalue weighted by atomic mass is 9.96. The lowest BCUT2D eigenvalue weighted by Crippen LogP contribution is -2.22. The second-order valence-electron chi connectivity index (χ2n) is 4.64. The Bertz CT molecular complexity index is 398. The third-order valence-corrected chi connectivity index (χ3v) is 5.00. The van der Waals surface area contributed by atoms with Crippen LogP contribution in [0.1, 0.15) is 31.9 Å². The van der Waals surface area contributed by atoms with Gasteiger partial charge in [-0.05, 0) is 23.9 Å². The summed E-state index contributed by atoms with van der Waals surface area (Å²) in [5, 5.41) is 6.86. The first-order valence-electron chi connectivity index (χ1n) is 7.03. The van der Waals surface area contributed by atoms with E-state index in [0.29, 0.717) is 6.54 Å². The molecule has 0 aromatic heterocycles. The molecule has 1 aromatic rings. The quantitative estimate of drug-likeness (QED) is 0.636. The van der Waals surface area contributed by atoms with Crippen LogP contribution in [0, 0.1) is 0 Å². The van der Waals surface area contributed by atoms with E-state index >= 15 is 0 Å². The number of benzene rings is 1. The second-order valence-corrected chi connectivity index (χ2v) is 6.24. The van der Waals surface area contributed by atoms with Gasteiger partial charge in [-0.1, -0.05) is 32.9 Å². The summed E-state index contributed by atoms with van der Waals surface area (Å²) >= 11 is 0. The van der Waals surface area contributed by atoms with Gasteiger partial charge in [0.15, 0.2) is 0 Å². The fraction of sp³-hybridized carbons (Fsp3) is 0.600. The molecular weight excluding hydrogens is 258 g/mol. The van der Waals surface area contributed by atoms with Gasteiger partial charge >= 0.3 is 0 Å². The van der Waals surface area contributed by atoms with Gasteiger partial charge in [0.1, 0.15) is 6.67 Å². The van der Waals surface area contributed by atoms with E-state index in [0.717, 1.165) is 21.7 Å². The smallest absolute Gasteiger partial charge is 0.102 e. The minimum absolute atomic E-state index is 0.239. The minimum Gasteiger partial charge on any atom is -0.384 e. The number of halogens is 1. The maximum atomic E-state index is 12.1. The molecule has 0 aliphatic carbocycles. The van der Waals surface area contributed by atoms with Crippen molar-refractivity contribution in [3.05, 3.63) is 29.3 Å². The van der Waals surface area contributed by atoms with Crippen LogP contribution in [0.25, 0.3) is 0 Å². The third-order valence-electron chi connectivity index (χ3n) is 3.47. The van der Waals surface area contributed by atoms with Crippen molar-refractivity contribution in [1.82, 2.24) is 5.32 Å². The Balaban J connectivity index is 0.000000861. The van der Waals surface area contributed by atoms with Gasteiger partial charge < -0.3 is 10.6 Å². The van der Waals surface area contributed by atoms with Crippen molar-refractivity contribution in [2.75, 3.05) is 31.7 Å². The first kappa shape index (κ1) is 16.4. The Hall–Kier alpha value is -0.660. The Kier molecular flexibility index (Phi) is 6.74. The maximum Gasteiger partial charge on any atom is 0.102 e. The number of alkyl halides is 1. The first-order valence-corrected chi connectivity index (χ1v) is 8.53. The van der Waals surface area contributed by atoms with Crippen LogP contribution in [-0.4, -0.2) is 26.4 Å². The summed E-state index contributed by atoms with van der Waals surface area (Å²) in [6.07, 6.45) is 0. The summed E-state index contributed by atoms with van der Waals surface area (Å²) < 4.78 is 12.1. The predicted octanol–water partition coefficient (Wildman–Crippen LogP) is 3.72. The molecule has 2 atom stereocenters. The number of nitrogens with one attached hydrogen (secondary N) is 2. The van der Waals surface area contributed by atoms with Gasteiger partial charge in [-0.15, -0.1) is 8.58 Å². The summed E-state index contributed by atoms with van der Waals surface area (Å²) in [4.78, 5) is 0. The highest BCUT2D eigenvalue weighted by atomic mass is 31.1. The Morgan fingerprint density at radius 3 is 2.79 bits per heavy atom. The highest BCUT2D eigenvalue weighted by molar-refractivity contribution is 7.38. The molecule has 4 heteroatoms. The highest BCUT2D eigenvalue weighted by Crippen LogP contribution is 2.48. The van der Waals surface area contributed by atoms with E-state index in [2.05, 4.69) is 42.4 Å². The molecule has 1 heterocycles. The van der Waals surface area contributed by atoms with E-state index < -0.39 is 0 Å². The van der Waals surface area contributed by atoms with E-state index in [-0.39, 0.29) is 11.8 Å². The van der Waals surface area contributed by atoms with Crippen LogP contribution in [0.4, 0.5) is 10.1 Å². The molecule has 108 valence electrons. The van der Waals surface area contributed by atoms with Crippen molar-refractivity contribution in [2.45, 2.75) is 32.5 Å². The average molecular weight is 284 g/mol. The molecule has 2 N–H and O–H groups in total. The fourth-order valence-electron chi connectivity index (χ4n) is 2.41. The van der Waals surface area contributed by atoms with Crippen molar-refractivity contribution >= 4 is 14.3 Å². The molecule has 0 bridgehead atoms. The Morgan fingerprint density at radius 2 is 2.16 bits per heavy atom. The van der Waals surface area contributed by atoms with Crippen LogP contribution < -0.4 is 10.6 Å². The predicted molar refractivity (Wildman–Crippen MR) is 85.6 cm³/mol. The van der Waals surface area contributed by atoms with Crippen LogP contribution in [-0.2, 0) is 11.7 Å². The highest BCUT2D eigenvalue weighted by Gasteiger charge is 2.34. The molecule has 1 aliphatic rings. The van der Waals surface area contributed by atoms with Crippen LogP contribution in [0.3, 0.4) is 0 Å². The maximum absolute atomic E-state index is 12.1. The van der Waals surface area contributed by atoms with Crippen molar-refractivity contribution in [1.29, 1.82) is 0 Å². The standard InChI is InChI=1S/C13H20FN2P.C2H6/c1-13(17-2)9-16-11-5-3-4-10(12(11)13)8-15-7-6-14;1-2/h3-5,15-17H,6-9H2,1-2H3;1-2H3. The summed E-state index contributed by atoms with van der Waals surface area (Å²) in [5.41, 5.74) is 3.98. The van der Waals surface area contributed by atoms with Gasteiger partial charge in [-0.3, -0.25) is 0 Å². The van der Waals surface area contributed by atoms with Crippen LogP contribution >= 0.6 is 8.58 Å². The van der Waals surface area contributed by atoms with E-state index in [4.69, 9.17) is 0 Å².